The van der Waals surface area contributed by atoms with Gasteiger partial charge in [0.15, 0.2) is 6.10 Å². The van der Waals surface area contributed by atoms with Gasteiger partial charge in [-0.2, -0.15) is 0 Å². The third-order valence-corrected chi connectivity index (χ3v) is 2.61. The Morgan fingerprint density at radius 1 is 1.26 bits per heavy atom. The average Bonchev–Trinajstić information content (AvgIpc) is 2.47. The number of rotatable bonds is 5. The molecule has 4 heteroatoms. The molecule has 0 saturated heterocycles. The van der Waals surface area contributed by atoms with E-state index in [-0.39, 0.29) is 5.91 Å². The minimum atomic E-state index is -0.529. The van der Waals surface area contributed by atoms with E-state index in [1.165, 1.54) is 0 Å². The molecule has 1 aromatic heterocycles. The first-order valence-corrected chi connectivity index (χ1v) is 6.14. The lowest BCUT2D eigenvalue weighted by Crippen LogP contribution is -2.35. The molecule has 0 fully saturated rings. The topological polar surface area (TPSA) is 51.2 Å². The molecule has 19 heavy (non-hydrogen) atoms. The second-order valence-electron chi connectivity index (χ2n) is 4.15. The Bertz CT molecular complexity index is 514. The predicted molar refractivity (Wildman–Crippen MR) is 72.6 cm³/mol. The van der Waals surface area contributed by atoms with Crippen LogP contribution in [0.2, 0.25) is 0 Å². The minimum Gasteiger partial charge on any atom is -0.481 e. The number of ether oxygens (including phenoxy) is 1. The van der Waals surface area contributed by atoms with E-state index in [1.807, 2.05) is 42.5 Å². The number of carbonyl (C=O) groups excluding carboxylic acids is 1. The third-order valence-electron chi connectivity index (χ3n) is 2.61. The second-order valence-corrected chi connectivity index (χ2v) is 4.15. The smallest absolute Gasteiger partial charge is 0.261 e. The zero-order chi connectivity index (χ0) is 13.5. The summed E-state index contributed by atoms with van der Waals surface area (Å²) in [6.07, 6.45) is 2.90. The molecule has 0 bridgehead atoms. The van der Waals surface area contributed by atoms with Crippen molar-refractivity contribution in [3.8, 4) is 5.75 Å². The molecule has 1 heterocycles. The normalized spacial score (nSPS) is 11.6. The lowest BCUT2D eigenvalue weighted by molar-refractivity contribution is -0.127. The first-order chi connectivity index (χ1) is 9.25. The van der Waals surface area contributed by atoms with Gasteiger partial charge in [-0.1, -0.05) is 24.3 Å². The molecule has 0 spiro atoms. The van der Waals surface area contributed by atoms with Crippen molar-refractivity contribution in [3.63, 3.8) is 0 Å². The predicted octanol–water partition coefficient (Wildman–Crippen LogP) is 2.17. The number of nitrogens with one attached hydrogen (secondary N) is 1. The molecule has 0 aliphatic carbocycles. The Morgan fingerprint density at radius 3 is 2.74 bits per heavy atom. The van der Waals surface area contributed by atoms with Gasteiger partial charge in [0.05, 0.1) is 0 Å². The quantitative estimate of drug-likeness (QED) is 0.892. The molecule has 1 aromatic carbocycles. The monoisotopic (exact) mass is 256 g/mol. The maximum absolute atomic E-state index is 11.9. The summed E-state index contributed by atoms with van der Waals surface area (Å²) >= 11 is 0. The zero-order valence-corrected chi connectivity index (χ0v) is 10.7. The van der Waals surface area contributed by atoms with Crippen LogP contribution in [0.4, 0.5) is 0 Å². The Balaban J connectivity index is 1.83. The van der Waals surface area contributed by atoms with E-state index in [0.29, 0.717) is 12.3 Å². The first-order valence-electron chi connectivity index (χ1n) is 6.14. The van der Waals surface area contributed by atoms with Crippen LogP contribution >= 0.6 is 0 Å². The molecule has 1 N–H and O–H groups in total. The van der Waals surface area contributed by atoms with Crippen molar-refractivity contribution in [2.75, 3.05) is 0 Å². The number of benzene rings is 1. The summed E-state index contributed by atoms with van der Waals surface area (Å²) in [6.45, 7) is 2.18. The summed E-state index contributed by atoms with van der Waals surface area (Å²) < 4.78 is 5.54. The number of pyridine rings is 1. The highest BCUT2D eigenvalue weighted by atomic mass is 16.5. The number of carbonyl (C=O) groups is 1. The number of hydrogen-bond acceptors (Lipinski definition) is 3. The summed E-state index contributed by atoms with van der Waals surface area (Å²) in [5, 5.41) is 2.82. The molecular weight excluding hydrogens is 240 g/mol. The SMILES string of the molecule is C[C@H](Oc1ccccc1)C(=O)NCc1cccnc1. The van der Waals surface area contributed by atoms with Crippen molar-refractivity contribution >= 4 is 5.91 Å². The van der Waals surface area contributed by atoms with Crippen molar-refractivity contribution in [3.05, 3.63) is 60.4 Å². The lowest BCUT2D eigenvalue weighted by Gasteiger charge is -2.14. The van der Waals surface area contributed by atoms with Crippen molar-refractivity contribution in [1.29, 1.82) is 0 Å². The van der Waals surface area contributed by atoms with Crippen molar-refractivity contribution < 1.29 is 9.53 Å². The summed E-state index contributed by atoms with van der Waals surface area (Å²) in [5.41, 5.74) is 0.961. The van der Waals surface area contributed by atoms with Crippen molar-refractivity contribution in [2.45, 2.75) is 19.6 Å². The number of para-hydroxylation sites is 1. The van der Waals surface area contributed by atoms with E-state index < -0.39 is 6.10 Å². The highest BCUT2D eigenvalue weighted by molar-refractivity contribution is 5.80. The molecule has 0 aliphatic rings. The van der Waals surface area contributed by atoms with Gasteiger partial charge in [0.2, 0.25) is 0 Å². The summed E-state index contributed by atoms with van der Waals surface area (Å²) in [7, 11) is 0. The van der Waals surface area contributed by atoms with E-state index in [1.54, 1.807) is 19.3 Å². The van der Waals surface area contributed by atoms with E-state index in [2.05, 4.69) is 10.3 Å². The van der Waals surface area contributed by atoms with Gasteiger partial charge < -0.3 is 10.1 Å². The highest BCUT2D eigenvalue weighted by Crippen LogP contribution is 2.10. The Hall–Kier alpha value is -2.36. The molecular formula is C15H16N2O2. The molecule has 0 aliphatic heterocycles. The fourth-order valence-electron chi connectivity index (χ4n) is 1.59. The van der Waals surface area contributed by atoms with Gasteiger partial charge >= 0.3 is 0 Å². The number of aromatic nitrogens is 1. The molecule has 1 atom stereocenters. The largest absolute Gasteiger partial charge is 0.481 e. The average molecular weight is 256 g/mol. The van der Waals surface area contributed by atoms with Crippen molar-refractivity contribution in [1.82, 2.24) is 10.3 Å². The maximum atomic E-state index is 11.9. The van der Waals surface area contributed by atoms with Crippen LogP contribution in [-0.2, 0) is 11.3 Å². The van der Waals surface area contributed by atoms with Gasteiger partial charge in [0.1, 0.15) is 5.75 Å². The molecule has 2 rings (SSSR count). The Kier molecular flexibility index (Phi) is 4.50. The van der Waals surface area contributed by atoms with E-state index in [0.717, 1.165) is 5.56 Å². The van der Waals surface area contributed by atoms with Gasteiger partial charge in [-0.15, -0.1) is 0 Å². The Labute approximate surface area is 112 Å². The van der Waals surface area contributed by atoms with Gasteiger partial charge in [-0.3, -0.25) is 9.78 Å². The zero-order valence-electron chi connectivity index (χ0n) is 10.7. The summed E-state index contributed by atoms with van der Waals surface area (Å²) in [6, 6.07) is 13.0. The number of hydrogen-bond donors (Lipinski definition) is 1. The fraction of sp³-hybridized carbons (Fsp3) is 0.200. The Morgan fingerprint density at radius 2 is 2.05 bits per heavy atom. The van der Waals surface area contributed by atoms with Crippen LogP contribution in [0.5, 0.6) is 5.75 Å². The first kappa shape index (κ1) is 13.1. The van der Waals surface area contributed by atoms with Crippen LogP contribution in [0.3, 0.4) is 0 Å². The molecule has 1 amide bonds. The fourth-order valence-corrected chi connectivity index (χ4v) is 1.59. The van der Waals surface area contributed by atoms with Crippen LogP contribution in [0.1, 0.15) is 12.5 Å². The van der Waals surface area contributed by atoms with Crippen LogP contribution in [-0.4, -0.2) is 17.0 Å². The standard InChI is InChI=1S/C15H16N2O2/c1-12(19-14-7-3-2-4-8-14)15(18)17-11-13-6-5-9-16-10-13/h2-10,12H,11H2,1H3,(H,17,18)/t12-/m0/s1. The molecule has 0 unspecified atom stereocenters. The molecule has 4 nitrogen and oxygen atoms in total. The lowest BCUT2D eigenvalue weighted by atomic mass is 10.2. The molecule has 98 valence electrons. The van der Waals surface area contributed by atoms with E-state index >= 15 is 0 Å². The van der Waals surface area contributed by atoms with Crippen LogP contribution in [0.25, 0.3) is 0 Å². The van der Waals surface area contributed by atoms with E-state index in [9.17, 15) is 4.79 Å². The van der Waals surface area contributed by atoms with Crippen LogP contribution < -0.4 is 10.1 Å². The molecule has 2 aromatic rings. The van der Waals surface area contributed by atoms with Crippen molar-refractivity contribution in [2.24, 2.45) is 0 Å². The number of amides is 1. The van der Waals surface area contributed by atoms with Gasteiger partial charge in [0, 0.05) is 18.9 Å². The van der Waals surface area contributed by atoms with Gasteiger partial charge in [-0.05, 0) is 30.7 Å². The summed E-state index contributed by atoms with van der Waals surface area (Å²) in [5.74, 6) is 0.541. The molecule has 0 saturated carbocycles. The van der Waals surface area contributed by atoms with E-state index in [4.69, 9.17) is 4.74 Å². The maximum Gasteiger partial charge on any atom is 0.261 e. The van der Waals surface area contributed by atoms with Gasteiger partial charge in [-0.25, -0.2) is 0 Å². The summed E-state index contributed by atoms with van der Waals surface area (Å²) in [4.78, 5) is 15.9. The number of nitrogens with zero attached hydrogens (tertiary/aromatic N) is 1. The second kappa shape index (κ2) is 6.54. The third kappa shape index (κ3) is 4.10. The van der Waals surface area contributed by atoms with Gasteiger partial charge in [0.25, 0.3) is 5.91 Å². The minimum absolute atomic E-state index is 0.146. The van der Waals surface area contributed by atoms with Crippen LogP contribution in [0, 0.1) is 0 Å². The highest BCUT2D eigenvalue weighted by Gasteiger charge is 2.13. The van der Waals surface area contributed by atoms with Crippen LogP contribution in [0.15, 0.2) is 54.9 Å². The molecule has 0 radical (unpaired) electrons.